The second-order valence-electron chi connectivity index (χ2n) is 5.15. The van der Waals surface area contributed by atoms with E-state index in [0.29, 0.717) is 22.4 Å². The Balaban J connectivity index is 1.88. The van der Waals surface area contributed by atoms with E-state index < -0.39 is 5.91 Å². The largest absolute Gasteiger partial charge is 0.467 e. The van der Waals surface area contributed by atoms with Crippen LogP contribution in [0.4, 0.5) is 5.95 Å². The summed E-state index contributed by atoms with van der Waals surface area (Å²) in [7, 11) is 3.66. The van der Waals surface area contributed by atoms with Crippen LogP contribution < -0.4 is 15.1 Å². The van der Waals surface area contributed by atoms with Gasteiger partial charge in [0.15, 0.2) is 6.61 Å². The van der Waals surface area contributed by atoms with Gasteiger partial charge in [0, 0.05) is 36.4 Å². The molecule has 0 aliphatic heterocycles. The second-order valence-corrected chi connectivity index (χ2v) is 5.55. The van der Waals surface area contributed by atoms with Gasteiger partial charge < -0.3 is 9.64 Å². The Kier molecular flexibility index (Phi) is 6.08. The van der Waals surface area contributed by atoms with Crippen molar-refractivity contribution in [3.05, 3.63) is 46.6 Å². The van der Waals surface area contributed by atoms with Crippen molar-refractivity contribution in [1.82, 2.24) is 15.4 Å². The van der Waals surface area contributed by atoms with Crippen LogP contribution in [0.1, 0.15) is 11.3 Å². The molecule has 0 unspecified atom stereocenters. The molecule has 0 spiro atoms. The number of amides is 1. The third-order valence-electron chi connectivity index (χ3n) is 2.87. The maximum absolute atomic E-state index is 11.8. The summed E-state index contributed by atoms with van der Waals surface area (Å²) < 4.78 is 5.38. The van der Waals surface area contributed by atoms with Crippen molar-refractivity contribution in [2.75, 3.05) is 25.6 Å². The Morgan fingerprint density at radius 1 is 1.38 bits per heavy atom. The first-order valence-corrected chi connectivity index (χ1v) is 7.56. The van der Waals surface area contributed by atoms with Gasteiger partial charge in [0.25, 0.3) is 5.91 Å². The molecule has 2 aromatic rings. The van der Waals surface area contributed by atoms with Gasteiger partial charge in [0.1, 0.15) is 0 Å². The molecular formula is C16H18ClN5O2. The van der Waals surface area contributed by atoms with Gasteiger partial charge in [-0.3, -0.25) is 4.79 Å². The van der Waals surface area contributed by atoms with Gasteiger partial charge in [-0.1, -0.05) is 29.8 Å². The molecule has 0 atom stereocenters. The topological polar surface area (TPSA) is 79.7 Å². The van der Waals surface area contributed by atoms with E-state index in [-0.39, 0.29) is 6.61 Å². The fraction of sp³-hybridized carbons (Fsp3) is 0.250. The molecule has 1 aromatic carbocycles. The molecule has 0 radical (unpaired) electrons. The van der Waals surface area contributed by atoms with Crippen molar-refractivity contribution < 1.29 is 9.53 Å². The van der Waals surface area contributed by atoms with Crippen molar-refractivity contribution in [1.29, 1.82) is 0 Å². The van der Waals surface area contributed by atoms with E-state index in [0.717, 1.165) is 5.69 Å². The van der Waals surface area contributed by atoms with Crippen LogP contribution in [0.25, 0.3) is 0 Å². The fourth-order valence-corrected chi connectivity index (χ4v) is 1.91. The minimum Gasteiger partial charge on any atom is -0.467 e. The maximum Gasteiger partial charge on any atom is 0.278 e. The Labute approximate surface area is 145 Å². The number of nitrogens with zero attached hydrogens (tertiary/aromatic N) is 4. The number of aryl methyl sites for hydroxylation is 1. The molecule has 0 fully saturated rings. The Hall–Kier alpha value is -2.67. The molecule has 1 N–H and O–H groups in total. The van der Waals surface area contributed by atoms with Crippen molar-refractivity contribution in [3.63, 3.8) is 0 Å². The van der Waals surface area contributed by atoms with Crippen LogP contribution in [0, 0.1) is 6.92 Å². The molecule has 1 amide bonds. The van der Waals surface area contributed by atoms with Crippen LogP contribution in [0.15, 0.2) is 35.4 Å². The van der Waals surface area contributed by atoms with Gasteiger partial charge >= 0.3 is 0 Å². The van der Waals surface area contributed by atoms with Gasteiger partial charge in [-0.2, -0.15) is 10.1 Å². The van der Waals surface area contributed by atoms with Gasteiger partial charge in [0.2, 0.25) is 11.8 Å². The molecule has 0 saturated carbocycles. The Morgan fingerprint density at radius 3 is 2.83 bits per heavy atom. The summed E-state index contributed by atoms with van der Waals surface area (Å²) in [6.45, 7) is 1.62. The van der Waals surface area contributed by atoms with Crippen LogP contribution in [0.5, 0.6) is 5.88 Å². The number of halogens is 1. The second kappa shape index (κ2) is 8.26. The summed E-state index contributed by atoms with van der Waals surface area (Å²) in [5, 5.41) is 4.40. The van der Waals surface area contributed by atoms with E-state index in [1.54, 1.807) is 23.1 Å². The average molecular weight is 348 g/mol. The minimum absolute atomic E-state index is 0.205. The third kappa shape index (κ3) is 5.20. The third-order valence-corrected chi connectivity index (χ3v) is 3.21. The SMILES string of the molecule is Cc1cc(OCC(=O)NN=Cc2ccccc2Cl)nc(N(C)C)n1. The van der Waals surface area contributed by atoms with Gasteiger partial charge in [0.05, 0.1) is 6.21 Å². The lowest BCUT2D eigenvalue weighted by atomic mass is 10.2. The number of rotatable bonds is 6. The number of hydrogen-bond donors (Lipinski definition) is 1. The number of anilines is 1. The number of hydrogen-bond acceptors (Lipinski definition) is 6. The first-order chi connectivity index (χ1) is 11.5. The Bertz CT molecular complexity index is 749. The quantitative estimate of drug-likeness (QED) is 0.639. The lowest BCUT2D eigenvalue weighted by Crippen LogP contribution is -2.25. The van der Waals surface area contributed by atoms with Crippen LogP contribution >= 0.6 is 11.6 Å². The molecule has 7 nitrogen and oxygen atoms in total. The highest BCUT2D eigenvalue weighted by molar-refractivity contribution is 6.33. The lowest BCUT2D eigenvalue weighted by Gasteiger charge is -2.12. The maximum atomic E-state index is 11.8. The standard InChI is InChI=1S/C16H18ClN5O2/c1-11-8-15(20-16(19-11)22(2)3)24-10-14(23)21-18-9-12-6-4-5-7-13(12)17/h4-9H,10H2,1-3H3,(H,21,23). The smallest absolute Gasteiger partial charge is 0.278 e. The van der Waals surface area contributed by atoms with Crippen LogP contribution in [0.3, 0.4) is 0 Å². The number of benzene rings is 1. The number of carbonyl (C=O) groups is 1. The van der Waals surface area contributed by atoms with Crippen molar-refractivity contribution >= 4 is 29.7 Å². The van der Waals surface area contributed by atoms with Gasteiger partial charge in [-0.05, 0) is 13.0 Å². The summed E-state index contributed by atoms with van der Waals surface area (Å²) in [4.78, 5) is 22.0. The number of hydrazone groups is 1. The molecule has 2 rings (SSSR count). The summed E-state index contributed by atoms with van der Waals surface area (Å²) in [5.41, 5.74) is 3.84. The first kappa shape index (κ1) is 17.7. The molecule has 0 bridgehead atoms. The molecule has 0 aliphatic rings. The molecule has 8 heteroatoms. The highest BCUT2D eigenvalue weighted by Gasteiger charge is 2.07. The minimum atomic E-state index is -0.402. The molecule has 24 heavy (non-hydrogen) atoms. The highest BCUT2D eigenvalue weighted by Crippen LogP contribution is 2.13. The number of ether oxygens (including phenoxy) is 1. The van der Waals surface area contributed by atoms with E-state index in [2.05, 4.69) is 20.5 Å². The normalized spacial score (nSPS) is 10.7. The lowest BCUT2D eigenvalue weighted by molar-refractivity contribution is -0.123. The summed E-state index contributed by atoms with van der Waals surface area (Å²) >= 11 is 5.99. The number of carbonyl (C=O) groups excluding carboxylic acids is 1. The molecule has 1 heterocycles. The highest BCUT2D eigenvalue weighted by atomic mass is 35.5. The van der Waals surface area contributed by atoms with Gasteiger partial charge in [-0.25, -0.2) is 10.4 Å². The molecule has 126 valence electrons. The van der Waals surface area contributed by atoms with Crippen molar-refractivity contribution in [2.45, 2.75) is 6.92 Å². The molecular weight excluding hydrogens is 330 g/mol. The number of nitrogens with one attached hydrogen (secondary N) is 1. The zero-order chi connectivity index (χ0) is 17.5. The predicted molar refractivity (Wildman–Crippen MR) is 93.8 cm³/mol. The average Bonchev–Trinajstić information content (AvgIpc) is 2.54. The fourth-order valence-electron chi connectivity index (χ4n) is 1.72. The summed E-state index contributed by atoms with van der Waals surface area (Å²) in [6.07, 6.45) is 1.47. The number of aromatic nitrogens is 2. The molecule has 0 saturated heterocycles. The zero-order valence-electron chi connectivity index (χ0n) is 13.7. The van der Waals surface area contributed by atoms with Crippen LogP contribution in [-0.2, 0) is 4.79 Å². The van der Waals surface area contributed by atoms with Crippen molar-refractivity contribution in [3.8, 4) is 5.88 Å². The monoisotopic (exact) mass is 347 g/mol. The molecule has 1 aromatic heterocycles. The van der Waals surface area contributed by atoms with E-state index in [4.69, 9.17) is 16.3 Å². The van der Waals surface area contributed by atoms with E-state index >= 15 is 0 Å². The van der Waals surface area contributed by atoms with E-state index in [1.165, 1.54) is 6.21 Å². The van der Waals surface area contributed by atoms with Crippen LogP contribution in [0.2, 0.25) is 5.02 Å². The molecule has 0 aliphatic carbocycles. The van der Waals surface area contributed by atoms with Crippen molar-refractivity contribution in [2.24, 2.45) is 5.10 Å². The van der Waals surface area contributed by atoms with E-state index in [9.17, 15) is 4.79 Å². The zero-order valence-corrected chi connectivity index (χ0v) is 14.4. The summed E-state index contributed by atoms with van der Waals surface area (Å²) in [6, 6.07) is 8.84. The van der Waals surface area contributed by atoms with E-state index in [1.807, 2.05) is 33.2 Å². The summed E-state index contributed by atoms with van der Waals surface area (Å²) in [5.74, 6) is 0.444. The first-order valence-electron chi connectivity index (χ1n) is 7.18. The van der Waals surface area contributed by atoms with Crippen LogP contribution in [-0.4, -0.2) is 42.8 Å². The predicted octanol–water partition coefficient (Wildman–Crippen LogP) is 2.03. The Morgan fingerprint density at radius 2 is 2.12 bits per heavy atom. The van der Waals surface area contributed by atoms with Gasteiger partial charge in [-0.15, -0.1) is 0 Å².